The molecule has 2 heterocycles. The minimum absolute atomic E-state index is 0.114. The summed E-state index contributed by atoms with van der Waals surface area (Å²) in [6, 6.07) is 7.43. The van der Waals surface area contributed by atoms with Crippen LogP contribution in [-0.4, -0.2) is 14.5 Å². The summed E-state index contributed by atoms with van der Waals surface area (Å²) in [4.78, 5) is 7.92. The molecule has 0 atom stereocenters. The lowest BCUT2D eigenvalue weighted by molar-refractivity contribution is 0.782. The average Bonchev–Trinajstić information content (AvgIpc) is 2.81. The molecule has 18 heavy (non-hydrogen) atoms. The number of imidazole rings is 1. The van der Waals surface area contributed by atoms with E-state index in [9.17, 15) is 0 Å². The van der Waals surface area contributed by atoms with Crippen LogP contribution in [0.2, 0.25) is 0 Å². The van der Waals surface area contributed by atoms with E-state index >= 15 is 0 Å². The van der Waals surface area contributed by atoms with Gasteiger partial charge >= 0.3 is 0 Å². The van der Waals surface area contributed by atoms with Crippen molar-refractivity contribution in [3.8, 4) is 12.1 Å². The van der Waals surface area contributed by atoms with Crippen LogP contribution >= 0.6 is 0 Å². The summed E-state index contributed by atoms with van der Waals surface area (Å²) in [5.41, 5.74) is 3.63. The number of nitrogens with one attached hydrogen (secondary N) is 1. The summed E-state index contributed by atoms with van der Waals surface area (Å²) < 4.78 is 1.58. The molecule has 0 saturated carbocycles. The third-order valence-corrected chi connectivity index (χ3v) is 2.42. The van der Waals surface area contributed by atoms with E-state index < -0.39 is 0 Å². The Bertz CT molecular complexity index is 644. The van der Waals surface area contributed by atoms with Gasteiger partial charge in [-0.05, 0) is 6.07 Å². The molecule has 0 aliphatic heterocycles. The van der Waals surface area contributed by atoms with Crippen LogP contribution in [0.25, 0.3) is 0 Å². The zero-order chi connectivity index (χ0) is 13.0. The summed E-state index contributed by atoms with van der Waals surface area (Å²) in [6.07, 6.45) is 3.06. The Balaban J connectivity index is 2.38. The van der Waals surface area contributed by atoms with Gasteiger partial charge in [-0.3, -0.25) is 0 Å². The van der Waals surface area contributed by atoms with E-state index in [1.54, 1.807) is 16.8 Å². The lowest BCUT2D eigenvalue weighted by Gasteiger charge is -2.08. The zero-order valence-electron chi connectivity index (χ0n) is 9.33. The molecule has 0 fully saturated rings. The number of hydrogen-bond acceptors (Lipinski definition) is 6. The van der Waals surface area contributed by atoms with Crippen LogP contribution in [0.1, 0.15) is 17.0 Å². The molecule has 0 saturated heterocycles. The molecule has 0 aliphatic carbocycles. The van der Waals surface area contributed by atoms with Gasteiger partial charge in [0.1, 0.15) is 18.0 Å². The van der Waals surface area contributed by atoms with Gasteiger partial charge in [-0.1, -0.05) is 6.07 Å². The van der Waals surface area contributed by atoms with Crippen LogP contribution in [0, 0.1) is 22.7 Å². The van der Waals surface area contributed by atoms with Crippen molar-refractivity contribution in [3.63, 3.8) is 0 Å². The van der Waals surface area contributed by atoms with Gasteiger partial charge in [-0.15, -0.1) is 0 Å². The Hall–Kier alpha value is -2.90. The molecule has 0 spiro atoms. The van der Waals surface area contributed by atoms with Gasteiger partial charge in [0.15, 0.2) is 11.4 Å². The predicted octanol–water partition coefficient (Wildman–Crippen LogP) is 0.355. The van der Waals surface area contributed by atoms with Crippen molar-refractivity contribution in [2.45, 2.75) is 6.54 Å². The second-order valence-electron chi connectivity index (χ2n) is 3.45. The first-order valence-electron chi connectivity index (χ1n) is 5.06. The molecule has 7 heteroatoms. The molecular weight excluding hydrogens is 230 g/mol. The second kappa shape index (κ2) is 4.95. The fourth-order valence-corrected chi connectivity index (χ4v) is 1.58. The number of nitrogens with two attached hydrogens (primary N) is 1. The molecule has 88 valence electrons. The van der Waals surface area contributed by atoms with Gasteiger partial charge in [0, 0.05) is 11.8 Å². The van der Waals surface area contributed by atoms with E-state index in [2.05, 4.69) is 15.4 Å². The molecule has 0 aromatic carbocycles. The van der Waals surface area contributed by atoms with E-state index in [4.69, 9.17) is 16.4 Å². The van der Waals surface area contributed by atoms with Crippen molar-refractivity contribution in [2.24, 2.45) is 5.84 Å². The summed E-state index contributed by atoms with van der Waals surface area (Å²) >= 11 is 0. The van der Waals surface area contributed by atoms with E-state index in [-0.39, 0.29) is 11.4 Å². The van der Waals surface area contributed by atoms with E-state index in [1.807, 2.05) is 18.2 Å². The Morgan fingerprint density at radius 3 is 2.83 bits per heavy atom. The third kappa shape index (κ3) is 1.98. The number of hydrazine groups is 1. The lowest BCUT2D eigenvalue weighted by Crippen LogP contribution is -2.12. The Morgan fingerprint density at radius 1 is 1.33 bits per heavy atom. The molecule has 0 radical (unpaired) electrons. The fraction of sp³-hybridized carbons (Fsp3) is 0.0909. The molecule has 2 aromatic heterocycles. The van der Waals surface area contributed by atoms with Crippen molar-refractivity contribution in [1.29, 1.82) is 10.5 Å². The SMILES string of the molecule is N#Cc1ncn(Cc2cccnc2NN)c1C#N. The van der Waals surface area contributed by atoms with Crippen LogP contribution in [-0.2, 0) is 6.54 Å². The second-order valence-corrected chi connectivity index (χ2v) is 3.45. The Kier molecular flexibility index (Phi) is 3.19. The van der Waals surface area contributed by atoms with Gasteiger partial charge < -0.3 is 9.99 Å². The number of nitrogens with zero attached hydrogens (tertiary/aromatic N) is 5. The van der Waals surface area contributed by atoms with E-state index in [0.717, 1.165) is 5.56 Å². The Labute approximate surface area is 103 Å². The number of nitrogen functional groups attached to an aromatic ring is 1. The summed E-state index contributed by atoms with van der Waals surface area (Å²) in [5.74, 6) is 5.87. The van der Waals surface area contributed by atoms with Crippen molar-refractivity contribution in [2.75, 3.05) is 5.43 Å². The minimum atomic E-state index is 0.114. The highest BCUT2D eigenvalue weighted by atomic mass is 15.3. The molecular formula is C11H9N7. The van der Waals surface area contributed by atoms with Gasteiger partial charge in [0.05, 0.1) is 12.9 Å². The largest absolute Gasteiger partial charge is 0.317 e. The van der Waals surface area contributed by atoms with E-state index in [0.29, 0.717) is 12.4 Å². The van der Waals surface area contributed by atoms with Crippen LogP contribution in [0.4, 0.5) is 5.82 Å². The topological polar surface area (TPSA) is 116 Å². The number of aromatic nitrogens is 3. The number of pyridine rings is 1. The van der Waals surface area contributed by atoms with Gasteiger partial charge in [-0.25, -0.2) is 15.8 Å². The smallest absolute Gasteiger partial charge is 0.176 e. The van der Waals surface area contributed by atoms with Crippen molar-refractivity contribution in [1.82, 2.24) is 14.5 Å². The van der Waals surface area contributed by atoms with E-state index in [1.165, 1.54) is 6.33 Å². The lowest BCUT2D eigenvalue weighted by atomic mass is 10.2. The highest BCUT2D eigenvalue weighted by molar-refractivity contribution is 5.44. The van der Waals surface area contributed by atoms with Crippen molar-refractivity contribution < 1.29 is 0 Å². The summed E-state index contributed by atoms with van der Waals surface area (Å²) in [5, 5.41) is 17.8. The molecule has 2 rings (SSSR count). The molecule has 0 aliphatic rings. The van der Waals surface area contributed by atoms with Gasteiger partial charge in [-0.2, -0.15) is 10.5 Å². The number of hydrogen-bond donors (Lipinski definition) is 2. The predicted molar refractivity (Wildman–Crippen MR) is 62.8 cm³/mol. The maximum absolute atomic E-state index is 9.01. The minimum Gasteiger partial charge on any atom is -0.317 e. The van der Waals surface area contributed by atoms with Crippen LogP contribution in [0.15, 0.2) is 24.7 Å². The Morgan fingerprint density at radius 2 is 2.17 bits per heavy atom. The summed E-state index contributed by atoms with van der Waals surface area (Å²) in [6.45, 7) is 0.366. The molecule has 0 unspecified atom stereocenters. The van der Waals surface area contributed by atoms with Crippen LogP contribution < -0.4 is 11.3 Å². The first kappa shape index (κ1) is 11.6. The first-order valence-corrected chi connectivity index (χ1v) is 5.06. The molecule has 2 aromatic rings. The van der Waals surface area contributed by atoms with Crippen LogP contribution in [0.3, 0.4) is 0 Å². The number of anilines is 1. The summed E-state index contributed by atoms with van der Waals surface area (Å²) in [7, 11) is 0. The van der Waals surface area contributed by atoms with Crippen LogP contribution in [0.5, 0.6) is 0 Å². The third-order valence-electron chi connectivity index (χ3n) is 2.42. The van der Waals surface area contributed by atoms with Gasteiger partial charge in [0.2, 0.25) is 0 Å². The standard InChI is InChI=1S/C11H9N7/c12-4-9-10(5-13)18(7-16-9)6-8-2-1-3-15-11(8)17-14/h1-3,7H,6,14H2,(H,15,17). The first-order chi connectivity index (χ1) is 8.80. The highest BCUT2D eigenvalue weighted by Crippen LogP contribution is 2.14. The van der Waals surface area contributed by atoms with Crippen molar-refractivity contribution in [3.05, 3.63) is 41.6 Å². The number of nitriles is 2. The normalized spacial score (nSPS) is 9.50. The maximum Gasteiger partial charge on any atom is 0.176 e. The quantitative estimate of drug-likeness (QED) is 0.589. The highest BCUT2D eigenvalue weighted by Gasteiger charge is 2.11. The monoisotopic (exact) mass is 239 g/mol. The maximum atomic E-state index is 9.01. The average molecular weight is 239 g/mol. The fourth-order valence-electron chi connectivity index (χ4n) is 1.58. The zero-order valence-corrected chi connectivity index (χ0v) is 9.33. The van der Waals surface area contributed by atoms with Crippen molar-refractivity contribution >= 4 is 5.82 Å². The molecule has 7 nitrogen and oxygen atoms in total. The molecule has 0 amide bonds. The number of rotatable bonds is 3. The molecule has 3 N–H and O–H groups in total. The van der Waals surface area contributed by atoms with Gasteiger partial charge in [0.25, 0.3) is 0 Å². The molecule has 0 bridgehead atoms.